The fraction of sp³-hybridized carbons (Fsp3) is 0.450. The Labute approximate surface area is 147 Å². The first-order valence-electron chi connectivity index (χ1n) is 9.00. The van der Waals surface area contributed by atoms with Gasteiger partial charge in [0.15, 0.2) is 0 Å². The van der Waals surface area contributed by atoms with Crippen LogP contribution in [0.3, 0.4) is 0 Å². The van der Waals surface area contributed by atoms with E-state index in [0.29, 0.717) is 19.2 Å². The maximum Gasteiger partial charge on any atom is 0.270 e. The maximum absolute atomic E-state index is 13.2. The predicted octanol–water partition coefficient (Wildman–Crippen LogP) is 3.40. The molecular formula is C20H25N3O2. The molecule has 0 radical (unpaired) electrons. The van der Waals surface area contributed by atoms with Crippen LogP contribution in [0.15, 0.2) is 30.3 Å². The molecule has 25 heavy (non-hydrogen) atoms. The van der Waals surface area contributed by atoms with Gasteiger partial charge in [-0.3, -0.25) is 4.79 Å². The van der Waals surface area contributed by atoms with Crippen LogP contribution in [0, 0.1) is 0 Å². The van der Waals surface area contributed by atoms with Crippen molar-refractivity contribution in [2.24, 2.45) is 7.05 Å². The van der Waals surface area contributed by atoms with Crippen molar-refractivity contribution in [3.63, 3.8) is 0 Å². The average molecular weight is 339 g/mol. The van der Waals surface area contributed by atoms with Crippen LogP contribution in [0.25, 0.3) is 21.9 Å². The highest BCUT2D eigenvalue weighted by atomic mass is 16.5. The molecule has 0 aliphatic carbocycles. The molecule has 0 N–H and O–H groups in total. The van der Waals surface area contributed by atoms with E-state index in [4.69, 9.17) is 4.74 Å². The fourth-order valence-electron chi connectivity index (χ4n) is 4.14. The molecule has 1 amide bonds. The summed E-state index contributed by atoms with van der Waals surface area (Å²) in [5.41, 5.74) is 4.20. The summed E-state index contributed by atoms with van der Waals surface area (Å²) in [6.07, 6.45) is 2.18. The molecule has 0 unspecified atom stereocenters. The number of aryl methyl sites for hydroxylation is 1. The number of rotatable bonds is 4. The van der Waals surface area contributed by atoms with Gasteiger partial charge >= 0.3 is 0 Å². The number of carbonyl (C=O) groups excluding carboxylic acids is 1. The van der Waals surface area contributed by atoms with Crippen LogP contribution >= 0.6 is 0 Å². The van der Waals surface area contributed by atoms with Gasteiger partial charge in [0, 0.05) is 38.7 Å². The van der Waals surface area contributed by atoms with Gasteiger partial charge < -0.3 is 18.8 Å². The van der Waals surface area contributed by atoms with E-state index in [9.17, 15) is 4.79 Å². The summed E-state index contributed by atoms with van der Waals surface area (Å²) in [6.45, 7) is 4.26. The van der Waals surface area contributed by atoms with E-state index in [0.717, 1.165) is 36.1 Å². The highest BCUT2D eigenvalue weighted by Crippen LogP contribution is 2.32. The first-order chi connectivity index (χ1) is 12.1. The van der Waals surface area contributed by atoms with Crippen LogP contribution in [0.5, 0.6) is 0 Å². The van der Waals surface area contributed by atoms with Crippen molar-refractivity contribution in [2.45, 2.75) is 32.4 Å². The summed E-state index contributed by atoms with van der Waals surface area (Å²) in [4.78, 5) is 15.2. The molecule has 1 aromatic carbocycles. The highest BCUT2D eigenvalue weighted by molar-refractivity contribution is 6.10. The Bertz CT molecular complexity index is 937. The van der Waals surface area contributed by atoms with Crippen LogP contribution < -0.4 is 0 Å². The molecule has 3 aromatic rings. The Balaban J connectivity index is 1.91. The topological polar surface area (TPSA) is 39.4 Å². The van der Waals surface area contributed by atoms with Crippen molar-refractivity contribution in [3.8, 4) is 0 Å². The van der Waals surface area contributed by atoms with Crippen LogP contribution in [0.2, 0.25) is 0 Å². The van der Waals surface area contributed by atoms with Crippen LogP contribution in [0.4, 0.5) is 0 Å². The second kappa shape index (κ2) is 6.23. The molecule has 132 valence electrons. The standard InChI is InChI=1S/C20H25N3O2/c1-14-7-6-10-22(14)20(24)18-13-17-19(23(18)11-12-25-3)15-8-4-5-9-16(15)21(17)2/h4-5,8-9,13-14H,6-7,10-12H2,1-3H3/t14-/m0/s1. The van der Waals surface area contributed by atoms with Crippen LogP contribution in [-0.2, 0) is 18.3 Å². The predicted molar refractivity (Wildman–Crippen MR) is 100 cm³/mol. The second-order valence-corrected chi connectivity index (χ2v) is 6.97. The van der Waals surface area contributed by atoms with Crippen molar-refractivity contribution in [1.29, 1.82) is 0 Å². The number of hydrogen-bond acceptors (Lipinski definition) is 2. The smallest absolute Gasteiger partial charge is 0.270 e. The normalized spacial score (nSPS) is 17.9. The minimum absolute atomic E-state index is 0.140. The van der Waals surface area contributed by atoms with E-state index < -0.39 is 0 Å². The maximum atomic E-state index is 13.2. The van der Waals surface area contributed by atoms with Gasteiger partial charge in [-0.05, 0) is 31.9 Å². The van der Waals surface area contributed by atoms with Crippen molar-refractivity contribution in [2.75, 3.05) is 20.3 Å². The number of fused-ring (bicyclic) bond motifs is 3. The highest BCUT2D eigenvalue weighted by Gasteiger charge is 2.29. The van der Waals surface area contributed by atoms with Gasteiger partial charge in [0.1, 0.15) is 5.69 Å². The molecule has 1 saturated heterocycles. The molecule has 1 atom stereocenters. The SMILES string of the molecule is COCCn1c(C(=O)N2CCC[C@@H]2C)cc2c1c1ccccc1n2C. The molecule has 1 aliphatic heterocycles. The minimum atomic E-state index is 0.140. The molecule has 2 aromatic heterocycles. The lowest BCUT2D eigenvalue weighted by Gasteiger charge is -2.22. The van der Waals surface area contributed by atoms with E-state index in [1.165, 1.54) is 10.9 Å². The molecule has 1 fully saturated rings. The van der Waals surface area contributed by atoms with E-state index in [2.05, 4.69) is 53.4 Å². The van der Waals surface area contributed by atoms with Crippen LogP contribution in [0.1, 0.15) is 30.3 Å². The monoisotopic (exact) mass is 339 g/mol. The van der Waals surface area contributed by atoms with Crippen molar-refractivity contribution >= 4 is 27.8 Å². The summed E-state index contributed by atoms with van der Waals surface area (Å²) < 4.78 is 9.64. The van der Waals surface area contributed by atoms with Gasteiger partial charge in [0.25, 0.3) is 5.91 Å². The zero-order chi connectivity index (χ0) is 17.6. The number of benzene rings is 1. The molecule has 0 bridgehead atoms. The number of hydrogen-bond donors (Lipinski definition) is 0. The van der Waals surface area contributed by atoms with E-state index in [1.807, 2.05) is 4.90 Å². The lowest BCUT2D eigenvalue weighted by molar-refractivity contribution is 0.0734. The van der Waals surface area contributed by atoms with Gasteiger partial charge in [-0.25, -0.2) is 0 Å². The largest absolute Gasteiger partial charge is 0.383 e. The third-order valence-corrected chi connectivity index (χ3v) is 5.51. The zero-order valence-electron chi connectivity index (χ0n) is 15.2. The molecule has 5 heteroatoms. The molecule has 0 saturated carbocycles. The lowest BCUT2D eigenvalue weighted by Crippen LogP contribution is -2.35. The van der Waals surface area contributed by atoms with Crippen molar-refractivity contribution in [3.05, 3.63) is 36.0 Å². The Hall–Kier alpha value is -2.27. The first kappa shape index (κ1) is 16.2. The number of amides is 1. The number of methoxy groups -OCH3 is 1. The number of nitrogens with zero attached hydrogens (tertiary/aromatic N) is 3. The van der Waals surface area contributed by atoms with Gasteiger partial charge in [-0.15, -0.1) is 0 Å². The van der Waals surface area contributed by atoms with Gasteiger partial charge in [-0.1, -0.05) is 18.2 Å². The summed E-state index contributed by atoms with van der Waals surface area (Å²) in [5.74, 6) is 0.140. The molecule has 5 nitrogen and oxygen atoms in total. The van der Waals surface area contributed by atoms with Crippen molar-refractivity contribution < 1.29 is 9.53 Å². The number of ether oxygens (including phenoxy) is 1. The quantitative estimate of drug-likeness (QED) is 0.731. The number of aromatic nitrogens is 2. The number of carbonyl (C=O) groups is 1. The van der Waals surface area contributed by atoms with E-state index in [1.54, 1.807) is 7.11 Å². The Morgan fingerprint density at radius 1 is 1.28 bits per heavy atom. The summed E-state index contributed by atoms with van der Waals surface area (Å²) in [5, 5.41) is 1.18. The lowest BCUT2D eigenvalue weighted by atomic mass is 10.2. The number of para-hydroxylation sites is 1. The van der Waals surface area contributed by atoms with E-state index in [-0.39, 0.29) is 5.91 Å². The molecule has 4 rings (SSSR count). The van der Waals surface area contributed by atoms with Gasteiger partial charge in [-0.2, -0.15) is 0 Å². The Kier molecular flexibility index (Phi) is 4.04. The average Bonchev–Trinajstić information content (AvgIpc) is 3.28. The molecule has 1 aliphatic rings. The summed E-state index contributed by atoms with van der Waals surface area (Å²) in [6, 6.07) is 10.7. The van der Waals surface area contributed by atoms with E-state index >= 15 is 0 Å². The molecule has 0 spiro atoms. The third kappa shape index (κ3) is 2.45. The summed E-state index contributed by atoms with van der Waals surface area (Å²) in [7, 11) is 3.77. The van der Waals surface area contributed by atoms with Crippen molar-refractivity contribution in [1.82, 2.24) is 14.0 Å². The second-order valence-electron chi connectivity index (χ2n) is 6.97. The zero-order valence-corrected chi connectivity index (χ0v) is 15.2. The molecule has 3 heterocycles. The fourth-order valence-corrected chi connectivity index (χ4v) is 4.14. The molecular weight excluding hydrogens is 314 g/mol. The summed E-state index contributed by atoms with van der Waals surface area (Å²) >= 11 is 0. The minimum Gasteiger partial charge on any atom is -0.383 e. The van der Waals surface area contributed by atoms with Gasteiger partial charge in [0.2, 0.25) is 0 Å². The Morgan fingerprint density at radius 3 is 2.80 bits per heavy atom. The Morgan fingerprint density at radius 2 is 2.08 bits per heavy atom. The third-order valence-electron chi connectivity index (χ3n) is 5.51. The first-order valence-corrected chi connectivity index (χ1v) is 9.00. The van der Waals surface area contributed by atoms with Gasteiger partial charge in [0.05, 0.1) is 23.2 Å². The number of likely N-dealkylation sites (tertiary alicyclic amines) is 1. The van der Waals surface area contributed by atoms with Crippen LogP contribution in [-0.4, -0.2) is 46.2 Å².